The third-order valence-corrected chi connectivity index (χ3v) is 4.38. The van der Waals surface area contributed by atoms with Crippen LogP contribution < -0.4 is 10.2 Å². The van der Waals surface area contributed by atoms with Crippen LogP contribution in [0.2, 0.25) is 5.02 Å². The lowest BCUT2D eigenvalue weighted by Gasteiger charge is -2.28. The van der Waals surface area contributed by atoms with Crippen molar-refractivity contribution in [1.29, 1.82) is 0 Å². The molecule has 0 bridgehead atoms. The Morgan fingerprint density at radius 1 is 1.07 bits per heavy atom. The fourth-order valence-electron chi connectivity index (χ4n) is 2.46. The third kappa shape index (κ3) is 4.13. The van der Waals surface area contributed by atoms with Crippen molar-refractivity contribution in [2.24, 2.45) is 0 Å². The molecule has 0 saturated carbocycles. The molecule has 0 unspecified atom stereocenters. The van der Waals surface area contributed by atoms with Gasteiger partial charge in [-0.25, -0.2) is 0 Å². The topological polar surface area (TPSA) is 92.6 Å². The molecule has 1 heterocycles. The van der Waals surface area contributed by atoms with Crippen molar-refractivity contribution in [3.63, 3.8) is 0 Å². The van der Waals surface area contributed by atoms with Gasteiger partial charge in [0.15, 0.2) is 5.11 Å². The van der Waals surface area contributed by atoms with Crippen LogP contribution in [0.4, 0.5) is 11.4 Å². The molecule has 0 spiro atoms. The first-order valence-electron chi connectivity index (χ1n) is 7.95. The van der Waals surface area contributed by atoms with E-state index in [9.17, 15) is 19.7 Å². The fourth-order valence-corrected chi connectivity index (χ4v) is 2.87. The quantitative estimate of drug-likeness (QED) is 0.271. The van der Waals surface area contributed by atoms with Crippen LogP contribution in [0.1, 0.15) is 5.56 Å². The van der Waals surface area contributed by atoms with Crippen LogP contribution in [0.5, 0.6) is 0 Å². The van der Waals surface area contributed by atoms with Crippen molar-refractivity contribution >= 4 is 58.2 Å². The number of thiocarbonyl (C=S) groups is 1. The molecule has 7 nitrogen and oxygen atoms in total. The molecule has 1 aliphatic rings. The van der Waals surface area contributed by atoms with Crippen molar-refractivity contribution in [3.8, 4) is 0 Å². The highest BCUT2D eigenvalue weighted by Crippen LogP contribution is 2.22. The number of hydrogen-bond donors (Lipinski definition) is 1. The van der Waals surface area contributed by atoms with Gasteiger partial charge in [0, 0.05) is 17.2 Å². The van der Waals surface area contributed by atoms with Gasteiger partial charge >= 0.3 is 0 Å². The fraction of sp³-hybridized carbons (Fsp3) is 0. The first kappa shape index (κ1) is 19.4. The minimum atomic E-state index is -0.603. The smallest absolute Gasteiger partial charge is 0.270 e. The summed E-state index contributed by atoms with van der Waals surface area (Å²) in [4.78, 5) is 36.3. The summed E-state index contributed by atoms with van der Waals surface area (Å²) < 4.78 is 0. The van der Waals surface area contributed by atoms with Gasteiger partial charge in [0.25, 0.3) is 17.5 Å². The standard InChI is InChI=1S/C19H12ClN3O4S/c20-13-6-10-14(11-7-13)22-18(25)16(17(24)21-19(22)28)3-1-2-12-4-8-15(9-5-12)23(26)27/h1-11H,(H,21,24,28)/b2-1+,16-3-. The minimum Gasteiger partial charge on any atom is -0.298 e. The lowest BCUT2D eigenvalue weighted by molar-refractivity contribution is -0.384. The number of benzene rings is 2. The summed E-state index contributed by atoms with van der Waals surface area (Å²) in [5.74, 6) is -1.17. The van der Waals surface area contributed by atoms with E-state index in [1.54, 1.807) is 42.5 Å². The van der Waals surface area contributed by atoms with E-state index >= 15 is 0 Å². The van der Waals surface area contributed by atoms with Crippen LogP contribution in [0.3, 0.4) is 0 Å². The number of anilines is 1. The number of non-ortho nitro benzene ring substituents is 1. The van der Waals surface area contributed by atoms with Crippen LogP contribution in [0.25, 0.3) is 6.08 Å². The lowest BCUT2D eigenvalue weighted by atomic mass is 10.1. The van der Waals surface area contributed by atoms with Gasteiger partial charge in [-0.3, -0.25) is 29.9 Å². The molecule has 0 aromatic heterocycles. The molecule has 9 heteroatoms. The Kier molecular flexibility index (Phi) is 5.62. The Labute approximate surface area is 170 Å². The van der Waals surface area contributed by atoms with Gasteiger partial charge in [-0.2, -0.15) is 0 Å². The van der Waals surface area contributed by atoms with E-state index in [0.29, 0.717) is 16.3 Å². The van der Waals surface area contributed by atoms with Crippen LogP contribution in [-0.2, 0) is 9.59 Å². The van der Waals surface area contributed by atoms with Gasteiger partial charge in [-0.05, 0) is 60.3 Å². The van der Waals surface area contributed by atoms with E-state index in [-0.39, 0.29) is 16.4 Å². The minimum absolute atomic E-state index is 0.0196. The van der Waals surface area contributed by atoms with Gasteiger partial charge in [-0.1, -0.05) is 23.8 Å². The molecule has 2 aromatic rings. The van der Waals surface area contributed by atoms with Crippen molar-refractivity contribution in [1.82, 2.24) is 5.32 Å². The van der Waals surface area contributed by atoms with Crippen molar-refractivity contribution in [3.05, 3.63) is 87.0 Å². The SMILES string of the molecule is O=C1NC(=S)N(c2ccc(Cl)cc2)C(=O)/C1=C\C=C\c1ccc([N+](=O)[O-])cc1. The average Bonchev–Trinajstić information content (AvgIpc) is 2.66. The highest BCUT2D eigenvalue weighted by Gasteiger charge is 2.33. The number of nitrogens with zero attached hydrogens (tertiary/aromatic N) is 2. The second kappa shape index (κ2) is 8.12. The molecule has 1 fully saturated rings. The number of allylic oxidation sites excluding steroid dienone is 2. The predicted octanol–water partition coefficient (Wildman–Crippen LogP) is 3.64. The molecule has 140 valence electrons. The summed E-state index contributed by atoms with van der Waals surface area (Å²) in [5, 5.41) is 13.6. The maximum Gasteiger partial charge on any atom is 0.270 e. The van der Waals surface area contributed by atoms with Crippen LogP contribution in [0, 0.1) is 10.1 Å². The van der Waals surface area contributed by atoms with Crippen molar-refractivity contribution in [2.75, 3.05) is 4.90 Å². The Balaban J connectivity index is 1.84. The summed E-state index contributed by atoms with van der Waals surface area (Å²) in [7, 11) is 0. The number of nitrogens with one attached hydrogen (secondary N) is 1. The zero-order valence-corrected chi connectivity index (χ0v) is 15.7. The zero-order chi connectivity index (χ0) is 20.3. The van der Waals surface area contributed by atoms with Crippen LogP contribution >= 0.6 is 23.8 Å². The number of halogens is 1. The molecule has 0 atom stereocenters. The molecular formula is C19H12ClN3O4S. The maximum atomic E-state index is 12.8. The Bertz CT molecular complexity index is 1030. The number of amides is 2. The van der Waals surface area contributed by atoms with E-state index in [4.69, 9.17) is 23.8 Å². The van der Waals surface area contributed by atoms with E-state index < -0.39 is 16.7 Å². The maximum absolute atomic E-state index is 12.8. The van der Waals surface area contributed by atoms with Crippen molar-refractivity contribution in [2.45, 2.75) is 0 Å². The third-order valence-electron chi connectivity index (χ3n) is 3.84. The molecule has 1 N–H and O–H groups in total. The molecule has 2 amide bonds. The van der Waals surface area contributed by atoms with E-state index in [0.717, 1.165) is 0 Å². The summed E-state index contributed by atoms with van der Waals surface area (Å²) >= 11 is 11.0. The molecular weight excluding hydrogens is 402 g/mol. The number of nitro groups is 1. The van der Waals surface area contributed by atoms with Gasteiger partial charge in [-0.15, -0.1) is 0 Å². The number of rotatable bonds is 4. The molecule has 1 saturated heterocycles. The normalized spacial score (nSPS) is 16.0. The monoisotopic (exact) mass is 413 g/mol. The Hall–Kier alpha value is -3.36. The number of hydrogen-bond acceptors (Lipinski definition) is 5. The Morgan fingerprint density at radius 2 is 1.71 bits per heavy atom. The van der Waals surface area contributed by atoms with Gasteiger partial charge in [0.2, 0.25) is 0 Å². The average molecular weight is 414 g/mol. The highest BCUT2D eigenvalue weighted by atomic mass is 35.5. The second-order valence-corrected chi connectivity index (χ2v) is 6.49. The molecule has 0 aliphatic carbocycles. The van der Waals surface area contributed by atoms with Crippen molar-refractivity contribution < 1.29 is 14.5 Å². The van der Waals surface area contributed by atoms with Gasteiger partial charge in [0.1, 0.15) is 5.57 Å². The molecule has 1 aliphatic heterocycles. The molecule has 28 heavy (non-hydrogen) atoms. The Morgan fingerprint density at radius 3 is 2.32 bits per heavy atom. The summed E-state index contributed by atoms with van der Waals surface area (Å²) in [6.45, 7) is 0. The largest absolute Gasteiger partial charge is 0.298 e. The molecule has 0 radical (unpaired) electrons. The molecule has 3 rings (SSSR count). The second-order valence-electron chi connectivity index (χ2n) is 5.66. The number of carbonyl (C=O) groups is 2. The van der Waals surface area contributed by atoms with Gasteiger partial charge < -0.3 is 0 Å². The zero-order valence-electron chi connectivity index (χ0n) is 14.2. The first-order valence-corrected chi connectivity index (χ1v) is 8.73. The van der Waals surface area contributed by atoms with E-state index in [1.807, 2.05) is 0 Å². The summed E-state index contributed by atoms with van der Waals surface area (Å²) in [5.41, 5.74) is 1.03. The van der Waals surface area contributed by atoms with E-state index in [2.05, 4.69) is 5.32 Å². The van der Waals surface area contributed by atoms with Crippen LogP contribution in [0.15, 0.2) is 66.3 Å². The number of nitro benzene ring substituents is 1. The van der Waals surface area contributed by atoms with Gasteiger partial charge in [0.05, 0.1) is 10.6 Å². The van der Waals surface area contributed by atoms with E-state index in [1.165, 1.54) is 29.2 Å². The molecule has 2 aromatic carbocycles. The lowest BCUT2D eigenvalue weighted by Crippen LogP contribution is -2.54. The highest BCUT2D eigenvalue weighted by molar-refractivity contribution is 7.80. The first-order chi connectivity index (χ1) is 13.4. The number of carbonyl (C=O) groups excluding carboxylic acids is 2. The summed E-state index contributed by atoms with van der Waals surface area (Å²) in [6.07, 6.45) is 4.50. The predicted molar refractivity (Wildman–Crippen MR) is 110 cm³/mol. The van der Waals surface area contributed by atoms with Crippen LogP contribution in [-0.4, -0.2) is 21.9 Å². The summed E-state index contributed by atoms with van der Waals surface area (Å²) in [6, 6.07) is 12.3.